The van der Waals surface area contributed by atoms with E-state index < -0.39 is 5.41 Å². The van der Waals surface area contributed by atoms with Crippen LogP contribution in [0, 0.1) is 0 Å². The largest absolute Gasteiger partial charge is 0.0731 e. The van der Waals surface area contributed by atoms with Crippen LogP contribution in [0.3, 0.4) is 0 Å². The smallest absolute Gasteiger partial charge is 0.0619 e. The standard InChI is InChI=1S/C68H44/c1-67(2)58-27-12-9-20-49(58)52-35-32-46(40-62(52)67)64-55-25-7-5-23-53(55)63(54-24-6-8-26-56(54)64)45-18-15-17-42(39-45)43-30-34-48-44(38-43)31-36-57-65-47-19-4-3-16-41(47)33-37-61(65)68(66(48)57)59-28-13-10-21-50(59)51-22-11-14-29-60(51)68/h3-40H,1-2H3. The molecule has 0 radical (unpaired) electrons. The molecule has 316 valence electrons. The molecule has 0 atom stereocenters. The molecular weight excluding hydrogens is 817 g/mol. The lowest BCUT2D eigenvalue weighted by molar-refractivity contribution is 0.660. The molecule has 3 aliphatic rings. The van der Waals surface area contributed by atoms with Gasteiger partial charge in [-0.3, -0.25) is 0 Å². The van der Waals surface area contributed by atoms with Crippen LogP contribution in [0.25, 0.3) is 110 Å². The third-order valence-electron chi connectivity index (χ3n) is 16.2. The van der Waals surface area contributed by atoms with Gasteiger partial charge in [0.15, 0.2) is 0 Å². The van der Waals surface area contributed by atoms with Crippen molar-refractivity contribution in [2.75, 3.05) is 0 Å². The summed E-state index contributed by atoms with van der Waals surface area (Å²) in [6.07, 6.45) is 0. The molecule has 68 heavy (non-hydrogen) atoms. The highest BCUT2D eigenvalue weighted by Gasteiger charge is 2.52. The van der Waals surface area contributed by atoms with Gasteiger partial charge in [-0.25, -0.2) is 0 Å². The monoisotopic (exact) mass is 860 g/mol. The average Bonchev–Trinajstić information content (AvgIpc) is 3.96. The van der Waals surface area contributed by atoms with E-state index >= 15 is 0 Å². The Hall–Kier alpha value is -8.32. The van der Waals surface area contributed by atoms with Gasteiger partial charge in [0.2, 0.25) is 0 Å². The van der Waals surface area contributed by atoms with Crippen LogP contribution in [0.15, 0.2) is 231 Å². The zero-order chi connectivity index (χ0) is 44.9. The zero-order valence-corrected chi connectivity index (χ0v) is 37.9. The van der Waals surface area contributed by atoms with Crippen molar-refractivity contribution in [1.29, 1.82) is 0 Å². The second-order valence-electron chi connectivity index (χ2n) is 19.8. The normalized spacial score (nSPS) is 14.3. The molecule has 0 fully saturated rings. The maximum Gasteiger partial charge on any atom is 0.0731 e. The summed E-state index contributed by atoms with van der Waals surface area (Å²) in [5, 5.41) is 10.2. The van der Waals surface area contributed by atoms with E-state index in [9.17, 15) is 0 Å². The molecule has 0 saturated carbocycles. The summed E-state index contributed by atoms with van der Waals surface area (Å²) in [5.41, 5.74) is 23.4. The molecule has 0 amide bonds. The molecule has 12 aromatic carbocycles. The van der Waals surface area contributed by atoms with E-state index in [-0.39, 0.29) is 5.41 Å². The van der Waals surface area contributed by atoms with Crippen molar-refractivity contribution in [3.63, 3.8) is 0 Å². The van der Waals surface area contributed by atoms with Crippen LogP contribution < -0.4 is 0 Å². The SMILES string of the molecule is CC1(C)c2ccccc2-c2ccc(-c3c4ccccc4c(-c4cccc(-c5ccc6c7c(ccc6c5)-c5c(ccc6ccccc56)C75c6ccccc6-c6ccccc65)c4)c4ccccc34)cc21. The van der Waals surface area contributed by atoms with Crippen LogP contribution in [-0.4, -0.2) is 0 Å². The van der Waals surface area contributed by atoms with Crippen molar-refractivity contribution >= 4 is 43.1 Å². The van der Waals surface area contributed by atoms with Gasteiger partial charge in [-0.1, -0.05) is 226 Å². The number of hydrogen-bond acceptors (Lipinski definition) is 0. The molecule has 0 heterocycles. The fourth-order valence-corrected chi connectivity index (χ4v) is 13.4. The Morgan fingerprint density at radius 1 is 0.250 bits per heavy atom. The van der Waals surface area contributed by atoms with Gasteiger partial charge in [0, 0.05) is 5.41 Å². The van der Waals surface area contributed by atoms with Crippen molar-refractivity contribution in [3.05, 3.63) is 264 Å². The van der Waals surface area contributed by atoms with E-state index in [0.717, 1.165) is 0 Å². The van der Waals surface area contributed by atoms with Gasteiger partial charge in [0.1, 0.15) is 0 Å². The first-order valence-corrected chi connectivity index (χ1v) is 24.1. The van der Waals surface area contributed by atoms with Crippen molar-refractivity contribution < 1.29 is 0 Å². The highest BCUT2D eigenvalue weighted by molar-refractivity contribution is 6.22. The quantitative estimate of drug-likeness (QED) is 0.155. The summed E-state index contributed by atoms with van der Waals surface area (Å²) >= 11 is 0. The summed E-state index contributed by atoms with van der Waals surface area (Å²) in [4.78, 5) is 0. The Labute approximate surface area is 396 Å². The van der Waals surface area contributed by atoms with Crippen LogP contribution in [0.2, 0.25) is 0 Å². The van der Waals surface area contributed by atoms with Gasteiger partial charge in [-0.15, -0.1) is 0 Å². The Morgan fingerprint density at radius 3 is 1.41 bits per heavy atom. The number of rotatable bonds is 3. The third kappa shape index (κ3) is 4.84. The van der Waals surface area contributed by atoms with Gasteiger partial charge in [0.25, 0.3) is 0 Å². The number of fused-ring (bicyclic) bond motifs is 19. The van der Waals surface area contributed by atoms with Crippen LogP contribution in [0.5, 0.6) is 0 Å². The Balaban J connectivity index is 0.910. The summed E-state index contributed by atoms with van der Waals surface area (Å²) < 4.78 is 0. The van der Waals surface area contributed by atoms with Crippen LogP contribution >= 0.6 is 0 Å². The molecule has 3 aliphatic carbocycles. The molecule has 0 aromatic heterocycles. The van der Waals surface area contributed by atoms with Gasteiger partial charge in [0.05, 0.1) is 5.41 Å². The first-order valence-electron chi connectivity index (χ1n) is 24.1. The van der Waals surface area contributed by atoms with Gasteiger partial charge < -0.3 is 0 Å². The average molecular weight is 861 g/mol. The lowest BCUT2D eigenvalue weighted by Crippen LogP contribution is -2.26. The maximum atomic E-state index is 2.48. The van der Waals surface area contributed by atoms with Gasteiger partial charge >= 0.3 is 0 Å². The van der Waals surface area contributed by atoms with Crippen molar-refractivity contribution in [3.8, 4) is 66.8 Å². The van der Waals surface area contributed by atoms with Gasteiger partial charge in [-0.2, -0.15) is 0 Å². The van der Waals surface area contributed by atoms with Gasteiger partial charge in [-0.05, 0) is 161 Å². The molecule has 1 spiro atoms. The van der Waals surface area contributed by atoms with E-state index in [1.165, 1.54) is 143 Å². The van der Waals surface area contributed by atoms with Crippen molar-refractivity contribution in [2.45, 2.75) is 24.7 Å². The molecule has 0 nitrogen and oxygen atoms in total. The maximum absolute atomic E-state index is 2.48. The minimum Gasteiger partial charge on any atom is -0.0619 e. The second-order valence-corrected chi connectivity index (χ2v) is 19.8. The number of hydrogen-bond donors (Lipinski definition) is 0. The second kappa shape index (κ2) is 13.6. The van der Waals surface area contributed by atoms with E-state index in [1.807, 2.05) is 0 Å². The fourth-order valence-electron chi connectivity index (χ4n) is 13.4. The Morgan fingerprint density at radius 2 is 0.735 bits per heavy atom. The Bertz CT molecular complexity index is 4080. The number of benzene rings is 12. The molecule has 0 saturated heterocycles. The summed E-state index contributed by atoms with van der Waals surface area (Å²) in [6, 6.07) is 87.5. The lowest BCUT2D eigenvalue weighted by Gasteiger charge is -2.31. The summed E-state index contributed by atoms with van der Waals surface area (Å²) in [7, 11) is 0. The van der Waals surface area contributed by atoms with E-state index in [1.54, 1.807) is 0 Å². The molecule has 0 bridgehead atoms. The minimum absolute atomic E-state index is 0.0780. The van der Waals surface area contributed by atoms with E-state index in [4.69, 9.17) is 0 Å². The minimum atomic E-state index is -0.432. The molecule has 0 unspecified atom stereocenters. The van der Waals surface area contributed by atoms with E-state index in [2.05, 4.69) is 244 Å². The lowest BCUT2D eigenvalue weighted by atomic mass is 9.69. The van der Waals surface area contributed by atoms with Crippen LogP contribution in [-0.2, 0) is 10.8 Å². The Kier molecular flexibility index (Phi) is 7.59. The molecular formula is C68H44. The first-order chi connectivity index (χ1) is 33.5. The summed E-state index contributed by atoms with van der Waals surface area (Å²) in [5.74, 6) is 0. The van der Waals surface area contributed by atoms with E-state index in [0.29, 0.717) is 0 Å². The highest BCUT2D eigenvalue weighted by atomic mass is 14.5. The molecule has 0 aliphatic heterocycles. The third-order valence-corrected chi connectivity index (χ3v) is 16.2. The fraction of sp³-hybridized carbons (Fsp3) is 0.0588. The predicted octanol–water partition coefficient (Wildman–Crippen LogP) is 18.0. The van der Waals surface area contributed by atoms with Crippen molar-refractivity contribution in [1.82, 2.24) is 0 Å². The summed E-state index contributed by atoms with van der Waals surface area (Å²) in [6.45, 7) is 4.75. The van der Waals surface area contributed by atoms with Crippen LogP contribution in [0.4, 0.5) is 0 Å². The topological polar surface area (TPSA) is 0 Å². The predicted molar refractivity (Wildman–Crippen MR) is 287 cm³/mol. The molecule has 0 N–H and O–H groups in total. The zero-order valence-electron chi connectivity index (χ0n) is 37.9. The molecule has 15 rings (SSSR count). The van der Waals surface area contributed by atoms with Crippen LogP contribution in [0.1, 0.15) is 47.2 Å². The first kappa shape index (κ1) is 37.9. The molecule has 0 heteroatoms. The van der Waals surface area contributed by atoms with Crippen molar-refractivity contribution in [2.24, 2.45) is 0 Å². The molecule has 12 aromatic rings. The highest BCUT2D eigenvalue weighted by Crippen LogP contribution is 2.65.